The number of ether oxygens (including phenoxy) is 1. The van der Waals surface area contributed by atoms with Crippen LogP contribution in [0.5, 0.6) is 0 Å². The van der Waals surface area contributed by atoms with Crippen molar-refractivity contribution in [3.8, 4) is 0 Å². The van der Waals surface area contributed by atoms with Crippen LogP contribution in [0.15, 0.2) is 42.6 Å². The van der Waals surface area contributed by atoms with E-state index in [-0.39, 0.29) is 18.5 Å². The lowest BCUT2D eigenvalue weighted by molar-refractivity contribution is 0.0824. The summed E-state index contributed by atoms with van der Waals surface area (Å²) in [6.07, 6.45) is 8.89. The third-order valence-electron chi connectivity index (χ3n) is 7.72. The molecule has 4 heterocycles. The molecule has 34 heavy (non-hydrogen) atoms. The Bertz CT molecular complexity index is 938. The van der Waals surface area contributed by atoms with Gasteiger partial charge in [0.25, 0.3) is 0 Å². The second-order valence-electron chi connectivity index (χ2n) is 9.83. The van der Waals surface area contributed by atoms with E-state index in [1.54, 1.807) is 6.07 Å². The molecule has 0 unspecified atom stereocenters. The van der Waals surface area contributed by atoms with Crippen molar-refractivity contribution in [1.82, 2.24) is 4.98 Å². The standard InChI is InChI=1S/C27H37FN4O2/c28-22-6-4-7-24(18-22)31-14-5-8-25-27(31)21(10-16-34-17-15-33)20-32(25)26-19-23(9-11-29-26)30-12-2-1-3-13-30/h4,6-7,9,11,18-19,21,25,27,33H,1-3,5,8,10,12-17,20H2/t21-,25+,27+/m1/s1. The molecule has 2 aromatic rings. The van der Waals surface area contributed by atoms with Crippen molar-refractivity contribution < 1.29 is 14.2 Å². The fourth-order valence-corrected chi connectivity index (χ4v) is 6.20. The van der Waals surface area contributed by atoms with Gasteiger partial charge in [0.05, 0.1) is 25.3 Å². The molecule has 1 aromatic heterocycles. The molecular formula is C27H37FN4O2. The number of hydrogen-bond acceptors (Lipinski definition) is 6. The van der Waals surface area contributed by atoms with E-state index >= 15 is 0 Å². The predicted molar refractivity (Wildman–Crippen MR) is 134 cm³/mol. The van der Waals surface area contributed by atoms with Crippen molar-refractivity contribution in [2.45, 2.75) is 50.6 Å². The Balaban J connectivity index is 1.41. The number of nitrogens with zero attached hydrogens (tertiary/aromatic N) is 4. The van der Waals surface area contributed by atoms with Gasteiger partial charge in [-0.2, -0.15) is 0 Å². The van der Waals surface area contributed by atoms with Crippen LogP contribution in [0.2, 0.25) is 0 Å². The highest BCUT2D eigenvalue weighted by atomic mass is 19.1. The number of aromatic nitrogens is 1. The number of hydrogen-bond donors (Lipinski definition) is 1. The molecule has 184 valence electrons. The van der Waals surface area contributed by atoms with Crippen LogP contribution >= 0.6 is 0 Å². The maximum atomic E-state index is 14.1. The Morgan fingerprint density at radius 2 is 1.85 bits per heavy atom. The minimum atomic E-state index is -0.187. The summed E-state index contributed by atoms with van der Waals surface area (Å²) in [7, 11) is 0. The van der Waals surface area contributed by atoms with Gasteiger partial charge in [-0.15, -0.1) is 0 Å². The minimum Gasteiger partial charge on any atom is -0.394 e. The molecule has 5 rings (SSSR count). The first-order chi connectivity index (χ1) is 16.7. The number of benzene rings is 1. The van der Waals surface area contributed by atoms with Crippen LogP contribution in [0.25, 0.3) is 0 Å². The molecular weight excluding hydrogens is 431 g/mol. The lowest BCUT2D eigenvalue weighted by Gasteiger charge is -2.43. The van der Waals surface area contributed by atoms with Crippen LogP contribution in [0.3, 0.4) is 0 Å². The number of rotatable bonds is 8. The van der Waals surface area contributed by atoms with Crippen LogP contribution in [0.1, 0.15) is 38.5 Å². The van der Waals surface area contributed by atoms with E-state index in [0.29, 0.717) is 25.2 Å². The van der Waals surface area contributed by atoms with Gasteiger partial charge in [-0.3, -0.25) is 0 Å². The molecule has 0 radical (unpaired) electrons. The summed E-state index contributed by atoms with van der Waals surface area (Å²) in [4.78, 5) is 12.2. The molecule has 3 saturated heterocycles. The summed E-state index contributed by atoms with van der Waals surface area (Å²) in [5, 5.41) is 9.10. The maximum absolute atomic E-state index is 14.1. The Morgan fingerprint density at radius 3 is 2.68 bits per heavy atom. The number of fused-ring (bicyclic) bond motifs is 1. The molecule has 3 aliphatic rings. The van der Waals surface area contributed by atoms with Crippen LogP contribution in [0.4, 0.5) is 21.6 Å². The van der Waals surface area contributed by atoms with E-state index in [0.717, 1.165) is 56.9 Å². The van der Waals surface area contributed by atoms with E-state index in [1.165, 1.54) is 31.0 Å². The fourth-order valence-electron chi connectivity index (χ4n) is 6.20. The molecule has 7 heteroatoms. The molecule has 0 bridgehead atoms. The second kappa shape index (κ2) is 10.9. The monoisotopic (exact) mass is 468 g/mol. The highest BCUT2D eigenvalue weighted by Gasteiger charge is 2.47. The normalized spacial score (nSPS) is 25.0. The third kappa shape index (κ3) is 5.01. The molecule has 1 aromatic carbocycles. The molecule has 3 aliphatic heterocycles. The van der Waals surface area contributed by atoms with E-state index in [4.69, 9.17) is 14.8 Å². The molecule has 0 aliphatic carbocycles. The van der Waals surface area contributed by atoms with Gasteiger partial charge in [0, 0.05) is 62.3 Å². The smallest absolute Gasteiger partial charge is 0.130 e. The number of aliphatic hydroxyl groups excluding tert-OH is 1. The summed E-state index contributed by atoms with van der Waals surface area (Å²) < 4.78 is 19.8. The van der Waals surface area contributed by atoms with Gasteiger partial charge in [0.15, 0.2) is 0 Å². The van der Waals surface area contributed by atoms with Gasteiger partial charge in [-0.25, -0.2) is 9.37 Å². The first kappa shape index (κ1) is 23.4. The fraction of sp³-hybridized carbons (Fsp3) is 0.593. The quantitative estimate of drug-likeness (QED) is 0.589. The van der Waals surface area contributed by atoms with E-state index in [1.807, 2.05) is 18.3 Å². The zero-order chi connectivity index (χ0) is 23.3. The summed E-state index contributed by atoms with van der Waals surface area (Å²) in [5.41, 5.74) is 2.24. The molecule has 3 atom stereocenters. The zero-order valence-electron chi connectivity index (χ0n) is 20.0. The largest absolute Gasteiger partial charge is 0.394 e. The molecule has 6 nitrogen and oxygen atoms in total. The molecule has 0 saturated carbocycles. The van der Waals surface area contributed by atoms with Crippen LogP contribution in [0, 0.1) is 11.7 Å². The number of aliphatic hydroxyl groups is 1. The average Bonchev–Trinajstić information content (AvgIpc) is 3.26. The predicted octanol–water partition coefficient (Wildman–Crippen LogP) is 4.08. The Morgan fingerprint density at radius 1 is 0.971 bits per heavy atom. The lowest BCUT2D eigenvalue weighted by Crippen LogP contribution is -2.52. The summed E-state index contributed by atoms with van der Waals surface area (Å²) in [6.45, 7) is 5.14. The number of piperidine rings is 2. The van der Waals surface area contributed by atoms with E-state index in [2.05, 4.69) is 26.8 Å². The van der Waals surface area contributed by atoms with Gasteiger partial charge < -0.3 is 24.5 Å². The van der Waals surface area contributed by atoms with Crippen molar-refractivity contribution in [2.75, 3.05) is 60.7 Å². The SMILES string of the molecule is OCCOCC[C@@H]1CN(c2cc(N3CCCCC3)ccn2)[C@H]2CCCN(c3cccc(F)c3)[C@@H]12. The van der Waals surface area contributed by atoms with E-state index < -0.39 is 0 Å². The maximum Gasteiger partial charge on any atom is 0.130 e. The van der Waals surface area contributed by atoms with Gasteiger partial charge in [0.2, 0.25) is 0 Å². The van der Waals surface area contributed by atoms with Gasteiger partial charge >= 0.3 is 0 Å². The first-order valence-corrected chi connectivity index (χ1v) is 12.9. The summed E-state index contributed by atoms with van der Waals surface area (Å²) in [6, 6.07) is 12.1. The third-order valence-corrected chi connectivity index (χ3v) is 7.72. The second-order valence-corrected chi connectivity index (χ2v) is 9.83. The van der Waals surface area contributed by atoms with Crippen LogP contribution in [-0.2, 0) is 4.74 Å². The van der Waals surface area contributed by atoms with Crippen molar-refractivity contribution in [3.05, 3.63) is 48.4 Å². The van der Waals surface area contributed by atoms with E-state index in [9.17, 15) is 4.39 Å². The van der Waals surface area contributed by atoms with Gasteiger partial charge in [0.1, 0.15) is 11.6 Å². The topological polar surface area (TPSA) is 52.1 Å². The molecule has 1 N–H and O–H groups in total. The zero-order valence-corrected chi connectivity index (χ0v) is 20.0. The van der Waals surface area contributed by atoms with Crippen molar-refractivity contribution in [2.24, 2.45) is 5.92 Å². The number of pyridine rings is 1. The van der Waals surface area contributed by atoms with Crippen molar-refractivity contribution in [1.29, 1.82) is 0 Å². The highest BCUT2D eigenvalue weighted by Crippen LogP contribution is 2.41. The molecule has 3 fully saturated rings. The van der Waals surface area contributed by atoms with Crippen LogP contribution in [-0.4, -0.2) is 68.2 Å². The lowest BCUT2D eigenvalue weighted by atomic mass is 9.88. The summed E-state index contributed by atoms with van der Waals surface area (Å²) >= 11 is 0. The molecule has 0 spiro atoms. The van der Waals surface area contributed by atoms with Crippen LogP contribution < -0.4 is 14.7 Å². The van der Waals surface area contributed by atoms with Gasteiger partial charge in [-0.1, -0.05) is 6.07 Å². The Labute approximate surface area is 202 Å². The molecule has 0 amide bonds. The first-order valence-electron chi connectivity index (χ1n) is 12.9. The summed E-state index contributed by atoms with van der Waals surface area (Å²) in [5.74, 6) is 1.25. The average molecular weight is 469 g/mol. The number of halogens is 1. The van der Waals surface area contributed by atoms with Crippen molar-refractivity contribution in [3.63, 3.8) is 0 Å². The van der Waals surface area contributed by atoms with Crippen molar-refractivity contribution >= 4 is 17.2 Å². The minimum absolute atomic E-state index is 0.0471. The highest BCUT2D eigenvalue weighted by molar-refractivity contribution is 5.58. The Hall–Kier alpha value is -2.38. The number of anilines is 3. The van der Waals surface area contributed by atoms with Gasteiger partial charge in [-0.05, 0) is 62.8 Å². The Kier molecular flexibility index (Phi) is 7.50.